The van der Waals surface area contributed by atoms with Crippen LogP contribution >= 0.6 is 12.2 Å². The number of hydrogen-bond donors (Lipinski definition) is 1. The maximum atomic E-state index is 6.14. The molecule has 0 saturated heterocycles. The fraction of sp³-hybridized carbons (Fsp3) is 0.870. The van der Waals surface area contributed by atoms with Gasteiger partial charge in [0.25, 0.3) is 0 Å². The Labute approximate surface area is 180 Å². The fourth-order valence-electron chi connectivity index (χ4n) is 3.76. The minimum atomic E-state index is 0.450. The lowest BCUT2D eigenvalue weighted by atomic mass is 9.92. The Morgan fingerprint density at radius 1 is 1.14 bits per heavy atom. The second-order valence-corrected chi connectivity index (χ2v) is 9.18. The van der Waals surface area contributed by atoms with Crippen LogP contribution in [0.15, 0.2) is 12.7 Å². The normalized spacial score (nSPS) is 19.8. The SMILES string of the molecule is C=CCN(C)CCCCCCOC1CCC(N(C)C(=S)NCCC(C)C)CC1. The number of rotatable bonds is 14. The summed E-state index contributed by atoms with van der Waals surface area (Å²) in [4.78, 5) is 4.60. The van der Waals surface area contributed by atoms with Crippen molar-refractivity contribution in [1.29, 1.82) is 0 Å². The molecule has 0 aromatic heterocycles. The molecule has 0 atom stereocenters. The maximum Gasteiger partial charge on any atom is 0.168 e. The first-order chi connectivity index (χ1) is 13.4. The molecule has 1 aliphatic rings. The van der Waals surface area contributed by atoms with Gasteiger partial charge in [-0.1, -0.05) is 32.8 Å². The molecule has 0 aromatic rings. The Hall–Kier alpha value is -0.650. The van der Waals surface area contributed by atoms with Crippen LogP contribution in [0.25, 0.3) is 0 Å². The summed E-state index contributed by atoms with van der Waals surface area (Å²) < 4.78 is 6.14. The van der Waals surface area contributed by atoms with Crippen molar-refractivity contribution in [3.8, 4) is 0 Å². The highest BCUT2D eigenvalue weighted by Gasteiger charge is 2.25. The standard InChI is InChI=1S/C23H45N3OS/c1-6-17-25(4)18-9-7-8-10-19-27-22-13-11-21(12-14-22)26(5)23(28)24-16-15-20(2)3/h6,20-22H,1,7-19H2,2-5H3,(H,24,28). The number of thiocarbonyl (C=S) groups is 1. The third-order valence-corrected chi connectivity index (χ3v) is 6.17. The fourth-order valence-corrected chi connectivity index (χ4v) is 4.01. The van der Waals surface area contributed by atoms with E-state index < -0.39 is 0 Å². The molecule has 0 aliphatic heterocycles. The van der Waals surface area contributed by atoms with E-state index in [-0.39, 0.29) is 0 Å². The van der Waals surface area contributed by atoms with E-state index in [0.29, 0.717) is 18.1 Å². The number of unbranched alkanes of at least 4 members (excludes halogenated alkanes) is 3. The van der Waals surface area contributed by atoms with Crippen molar-refractivity contribution in [3.05, 3.63) is 12.7 Å². The molecule has 0 aromatic carbocycles. The summed E-state index contributed by atoms with van der Waals surface area (Å²) >= 11 is 5.57. The van der Waals surface area contributed by atoms with Crippen LogP contribution in [0.5, 0.6) is 0 Å². The third-order valence-electron chi connectivity index (χ3n) is 5.74. The van der Waals surface area contributed by atoms with Gasteiger partial charge in [-0.2, -0.15) is 0 Å². The summed E-state index contributed by atoms with van der Waals surface area (Å²) in [6.07, 6.45) is 13.3. The van der Waals surface area contributed by atoms with E-state index in [0.717, 1.165) is 37.7 Å². The summed E-state index contributed by atoms with van der Waals surface area (Å²) in [7, 11) is 4.30. The Kier molecular flexibility index (Phi) is 13.8. The van der Waals surface area contributed by atoms with E-state index in [9.17, 15) is 0 Å². The van der Waals surface area contributed by atoms with Gasteiger partial charge in [-0.25, -0.2) is 0 Å². The van der Waals surface area contributed by atoms with E-state index >= 15 is 0 Å². The summed E-state index contributed by atoms with van der Waals surface area (Å²) in [5.41, 5.74) is 0. The van der Waals surface area contributed by atoms with Gasteiger partial charge < -0.3 is 19.9 Å². The van der Waals surface area contributed by atoms with Gasteiger partial charge in [0.1, 0.15) is 0 Å². The van der Waals surface area contributed by atoms with E-state index in [1.165, 1.54) is 51.5 Å². The second kappa shape index (κ2) is 15.2. The topological polar surface area (TPSA) is 27.7 Å². The summed E-state index contributed by atoms with van der Waals surface area (Å²) in [6, 6.07) is 0.562. The average Bonchev–Trinajstić information content (AvgIpc) is 2.67. The Balaban J connectivity index is 2.05. The Bertz CT molecular complexity index is 422. The van der Waals surface area contributed by atoms with Gasteiger partial charge in [-0.05, 0) is 76.7 Å². The molecule has 28 heavy (non-hydrogen) atoms. The predicted molar refractivity (Wildman–Crippen MR) is 126 cm³/mol. The first-order valence-corrected chi connectivity index (χ1v) is 11.8. The molecule has 0 unspecified atom stereocenters. The van der Waals surface area contributed by atoms with Crippen molar-refractivity contribution < 1.29 is 4.74 Å². The van der Waals surface area contributed by atoms with Crippen LogP contribution in [0, 0.1) is 5.92 Å². The van der Waals surface area contributed by atoms with Crippen molar-refractivity contribution in [2.24, 2.45) is 5.92 Å². The highest BCUT2D eigenvalue weighted by molar-refractivity contribution is 7.80. The molecule has 0 heterocycles. The minimum Gasteiger partial charge on any atom is -0.378 e. The molecule has 1 N–H and O–H groups in total. The Morgan fingerprint density at radius 3 is 2.46 bits per heavy atom. The first-order valence-electron chi connectivity index (χ1n) is 11.4. The summed E-state index contributed by atoms with van der Waals surface area (Å²) in [6.45, 7) is 12.3. The zero-order valence-electron chi connectivity index (χ0n) is 18.9. The Morgan fingerprint density at radius 2 is 1.82 bits per heavy atom. The molecule has 1 saturated carbocycles. The highest BCUT2D eigenvalue weighted by atomic mass is 32.1. The molecule has 1 aliphatic carbocycles. The largest absolute Gasteiger partial charge is 0.378 e. The first kappa shape index (κ1) is 25.4. The van der Waals surface area contributed by atoms with E-state index in [1.807, 2.05) is 6.08 Å². The average molecular weight is 412 g/mol. The molecular weight excluding hydrogens is 366 g/mol. The van der Waals surface area contributed by atoms with Crippen molar-refractivity contribution in [1.82, 2.24) is 15.1 Å². The zero-order valence-corrected chi connectivity index (χ0v) is 19.7. The molecule has 5 heteroatoms. The predicted octanol–water partition coefficient (Wildman–Crippen LogP) is 4.84. The van der Waals surface area contributed by atoms with Crippen LogP contribution in [0.4, 0.5) is 0 Å². The lowest BCUT2D eigenvalue weighted by Crippen LogP contribution is -2.45. The van der Waals surface area contributed by atoms with Crippen LogP contribution < -0.4 is 5.32 Å². The van der Waals surface area contributed by atoms with Crippen LogP contribution in [-0.4, -0.2) is 67.4 Å². The third kappa shape index (κ3) is 11.4. The number of nitrogens with one attached hydrogen (secondary N) is 1. The van der Waals surface area contributed by atoms with E-state index in [2.05, 4.69) is 49.6 Å². The van der Waals surface area contributed by atoms with Crippen LogP contribution in [-0.2, 0) is 4.74 Å². The van der Waals surface area contributed by atoms with Crippen LogP contribution in [0.1, 0.15) is 71.6 Å². The van der Waals surface area contributed by atoms with Gasteiger partial charge in [0.05, 0.1) is 6.10 Å². The molecule has 164 valence electrons. The smallest absolute Gasteiger partial charge is 0.168 e. The van der Waals surface area contributed by atoms with E-state index in [1.54, 1.807) is 0 Å². The quantitative estimate of drug-likeness (QED) is 0.251. The highest BCUT2D eigenvalue weighted by Crippen LogP contribution is 2.25. The zero-order chi connectivity index (χ0) is 20.8. The maximum absolute atomic E-state index is 6.14. The van der Waals surface area contributed by atoms with Crippen molar-refractivity contribution in [2.75, 3.05) is 40.3 Å². The number of hydrogen-bond acceptors (Lipinski definition) is 3. The number of likely N-dealkylation sites (N-methyl/N-ethyl adjacent to an activating group) is 1. The van der Waals surface area contributed by atoms with Gasteiger partial charge in [0.15, 0.2) is 5.11 Å². The number of ether oxygens (including phenoxy) is 1. The van der Waals surface area contributed by atoms with Gasteiger partial charge >= 0.3 is 0 Å². The van der Waals surface area contributed by atoms with Gasteiger partial charge in [-0.3, -0.25) is 0 Å². The van der Waals surface area contributed by atoms with Crippen molar-refractivity contribution in [3.63, 3.8) is 0 Å². The van der Waals surface area contributed by atoms with Gasteiger partial charge in [0.2, 0.25) is 0 Å². The second-order valence-electron chi connectivity index (χ2n) is 8.79. The number of nitrogens with zero attached hydrogens (tertiary/aromatic N) is 2. The molecular formula is C23H45N3OS. The molecule has 0 bridgehead atoms. The van der Waals surface area contributed by atoms with Crippen LogP contribution in [0.2, 0.25) is 0 Å². The van der Waals surface area contributed by atoms with Crippen LogP contribution in [0.3, 0.4) is 0 Å². The molecule has 1 fully saturated rings. The van der Waals surface area contributed by atoms with E-state index in [4.69, 9.17) is 17.0 Å². The lowest BCUT2D eigenvalue weighted by molar-refractivity contribution is 0.0147. The minimum absolute atomic E-state index is 0.450. The van der Waals surface area contributed by atoms with Crippen molar-refractivity contribution >= 4 is 17.3 Å². The molecule has 0 spiro atoms. The summed E-state index contributed by atoms with van der Waals surface area (Å²) in [5.74, 6) is 0.715. The summed E-state index contributed by atoms with van der Waals surface area (Å²) in [5, 5.41) is 4.32. The molecule has 4 nitrogen and oxygen atoms in total. The van der Waals surface area contributed by atoms with Gasteiger partial charge in [0, 0.05) is 32.8 Å². The molecule has 0 radical (unpaired) electrons. The lowest BCUT2D eigenvalue weighted by Gasteiger charge is -2.36. The molecule has 0 amide bonds. The van der Waals surface area contributed by atoms with Gasteiger partial charge in [-0.15, -0.1) is 6.58 Å². The molecule has 1 rings (SSSR count). The van der Waals surface area contributed by atoms with Crippen molar-refractivity contribution in [2.45, 2.75) is 83.8 Å². The monoisotopic (exact) mass is 411 g/mol.